The van der Waals surface area contributed by atoms with Gasteiger partial charge in [0.1, 0.15) is 11.6 Å². The van der Waals surface area contributed by atoms with Crippen molar-refractivity contribution in [2.45, 2.75) is 13.0 Å². The van der Waals surface area contributed by atoms with Gasteiger partial charge in [-0.15, -0.1) is 0 Å². The highest BCUT2D eigenvalue weighted by molar-refractivity contribution is 9.10. The summed E-state index contributed by atoms with van der Waals surface area (Å²) in [5.41, 5.74) is 2.26. The molecule has 0 amide bonds. The Morgan fingerprint density at radius 2 is 1.84 bits per heavy atom. The van der Waals surface area contributed by atoms with Crippen LogP contribution in [0.1, 0.15) is 22.7 Å². The van der Waals surface area contributed by atoms with E-state index in [4.69, 9.17) is 0 Å². The Balaban J connectivity index is 2.50. The van der Waals surface area contributed by atoms with Crippen LogP contribution in [-0.4, -0.2) is 7.05 Å². The monoisotopic (exact) mass is 325 g/mol. The molecule has 0 aromatic heterocycles. The first-order valence-electron chi connectivity index (χ1n) is 5.92. The molecular weight excluding hydrogens is 312 g/mol. The molecule has 1 atom stereocenters. The van der Waals surface area contributed by atoms with Crippen molar-refractivity contribution in [3.05, 3.63) is 69.2 Å². The second-order valence-corrected chi connectivity index (χ2v) is 5.17. The van der Waals surface area contributed by atoms with Gasteiger partial charge in [0.2, 0.25) is 0 Å². The van der Waals surface area contributed by atoms with Crippen molar-refractivity contribution in [2.75, 3.05) is 7.05 Å². The van der Waals surface area contributed by atoms with Gasteiger partial charge in [0.25, 0.3) is 0 Å². The first-order valence-corrected chi connectivity index (χ1v) is 6.71. The zero-order chi connectivity index (χ0) is 14.0. The minimum Gasteiger partial charge on any atom is -0.309 e. The summed E-state index contributed by atoms with van der Waals surface area (Å²) in [6, 6.07) is 9.63. The van der Waals surface area contributed by atoms with Crippen LogP contribution in [-0.2, 0) is 0 Å². The molecule has 2 aromatic carbocycles. The quantitative estimate of drug-likeness (QED) is 0.884. The van der Waals surface area contributed by atoms with E-state index in [-0.39, 0.29) is 17.7 Å². The molecule has 0 aliphatic heterocycles. The van der Waals surface area contributed by atoms with Crippen LogP contribution in [0, 0.1) is 18.6 Å². The first-order chi connectivity index (χ1) is 9.04. The summed E-state index contributed by atoms with van der Waals surface area (Å²) < 4.78 is 27.3. The maximum atomic E-state index is 13.6. The fourth-order valence-corrected chi connectivity index (χ4v) is 2.59. The van der Waals surface area contributed by atoms with Crippen molar-refractivity contribution in [3.8, 4) is 0 Å². The third-order valence-corrected chi connectivity index (χ3v) is 3.93. The summed E-state index contributed by atoms with van der Waals surface area (Å²) in [5.74, 6) is -0.548. The third-order valence-electron chi connectivity index (χ3n) is 3.10. The lowest BCUT2D eigenvalue weighted by atomic mass is 9.97. The third kappa shape index (κ3) is 2.85. The van der Waals surface area contributed by atoms with Crippen LogP contribution in [0.15, 0.2) is 40.9 Å². The van der Waals surface area contributed by atoms with Crippen LogP contribution in [0.2, 0.25) is 0 Å². The number of halogens is 3. The summed E-state index contributed by atoms with van der Waals surface area (Å²) in [6.07, 6.45) is 0. The highest BCUT2D eigenvalue weighted by Gasteiger charge is 2.17. The predicted molar refractivity (Wildman–Crippen MR) is 76.1 cm³/mol. The van der Waals surface area contributed by atoms with E-state index in [1.165, 1.54) is 12.1 Å². The van der Waals surface area contributed by atoms with Gasteiger partial charge < -0.3 is 5.32 Å². The molecule has 0 spiro atoms. The molecule has 2 aromatic rings. The summed E-state index contributed by atoms with van der Waals surface area (Å²) in [6.45, 7) is 1.71. The maximum Gasteiger partial charge on any atom is 0.137 e. The molecule has 0 aliphatic carbocycles. The van der Waals surface area contributed by atoms with Gasteiger partial charge in [-0.25, -0.2) is 8.78 Å². The van der Waals surface area contributed by atoms with Crippen molar-refractivity contribution < 1.29 is 8.78 Å². The maximum absolute atomic E-state index is 13.6. The summed E-state index contributed by atoms with van der Waals surface area (Å²) in [7, 11) is 1.79. The second-order valence-electron chi connectivity index (χ2n) is 4.37. The molecule has 0 bridgehead atoms. The van der Waals surface area contributed by atoms with E-state index in [0.29, 0.717) is 10.0 Å². The summed E-state index contributed by atoms with van der Waals surface area (Å²) in [4.78, 5) is 0. The van der Waals surface area contributed by atoms with E-state index in [9.17, 15) is 8.78 Å². The molecule has 0 fully saturated rings. The van der Waals surface area contributed by atoms with Gasteiger partial charge in [-0.2, -0.15) is 0 Å². The Kier molecular flexibility index (Phi) is 4.32. The largest absolute Gasteiger partial charge is 0.309 e. The summed E-state index contributed by atoms with van der Waals surface area (Å²) in [5, 5.41) is 3.13. The Labute approximate surface area is 119 Å². The average Bonchev–Trinajstić information content (AvgIpc) is 2.39. The molecule has 1 N–H and O–H groups in total. The van der Waals surface area contributed by atoms with Crippen LogP contribution in [0.25, 0.3) is 0 Å². The fourth-order valence-electron chi connectivity index (χ4n) is 2.09. The zero-order valence-electron chi connectivity index (χ0n) is 10.7. The molecule has 0 heterocycles. The number of benzene rings is 2. The number of hydrogen-bond donors (Lipinski definition) is 1. The molecule has 0 aliphatic rings. The molecule has 4 heteroatoms. The number of nitrogens with one attached hydrogen (secondary N) is 1. The van der Waals surface area contributed by atoms with Gasteiger partial charge >= 0.3 is 0 Å². The predicted octanol–water partition coefficient (Wildman–Crippen LogP) is 4.34. The standard InChI is InChI=1S/C15H14BrF2N/c1-9-8-10(6-7-12(9)17)15(19-2)11-4-3-5-13(18)14(11)16/h3-8,15,19H,1-2H3. The van der Waals surface area contributed by atoms with Crippen LogP contribution in [0.3, 0.4) is 0 Å². The van der Waals surface area contributed by atoms with E-state index in [0.717, 1.165) is 11.1 Å². The van der Waals surface area contributed by atoms with Crippen LogP contribution >= 0.6 is 15.9 Å². The first kappa shape index (κ1) is 14.2. The topological polar surface area (TPSA) is 12.0 Å². The van der Waals surface area contributed by atoms with Crippen molar-refractivity contribution in [1.29, 1.82) is 0 Å². The molecule has 100 valence electrons. The van der Waals surface area contributed by atoms with Gasteiger partial charge in [0.05, 0.1) is 10.5 Å². The van der Waals surface area contributed by atoms with Crippen LogP contribution < -0.4 is 5.32 Å². The molecule has 2 rings (SSSR count). The lowest BCUT2D eigenvalue weighted by Crippen LogP contribution is -2.18. The molecular formula is C15H14BrF2N. The molecule has 1 nitrogen and oxygen atoms in total. The molecule has 0 radical (unpaired) electrons. The van der Waals surface area contributed by atoms with Crippen LogP contribution in [0.5, 0.6) is 0 Å². The smallest absolute Gasteiger partial charge is 0.137 e. The van der Waals surface area contributed by atoms with Gasteiger partial charge in [-0.05, 0) is 58.7 Å². The minimum atomic E-state index is -0.309. The molecule has 1 unspecified atom stereocenters. The highest BCUT2D eigenvalue weighted by Crippen LogP contribution is 2.30. The fraction of sp³-hybridized carbons (Fsp3) is 0.200. The Morgan fingerprint density at radius 1 is 1.11 bits per heavy atom. The average molecular weight is 326 g/mol. The molecule has 19 heavy (non-hydrogen) atoms. The van der Waals surface area contributed by atoms with Crippen LogP contribution in [0.4, 0.5) is 8.78 Å². The van der Waals surface area contributed by atoms with Crippen molar-refractivity contribution in [3.63, 3.8) is 0 Å². The van der Waals surface area contributed by atoms with Crippen molar-refractivity contribution >= 4 is 15.9 Å². The van der Waals surface area contributed by atoms with E-state index in [1.807, 2.05) is 6.07 Å². The Hall–Kier alpha value is -1.26. The SMILES string of the molecule is CNC(c1ccc(F)c(C)c1)c1cccc(F)c1Br. The Bertz CT molecular complexity index is 599. The van der Waals surface area contributed by atoms with E-state index in [2.05, 4.69) is 21.2 Å². The van der Waals surface area contributed by atoms with Crippen molar-refractivity contribution in [1.82, 2.24) is 5.32 Å². The lowest BCUT2D eigenvalue weighted by Gasteiger charge is -2.19. The second kappa shape index (κ2) is 5.80. The van der Waals surface area contributed by atoms with E-state index < -0.39 is 0 Å². The van der Waals surface area contributed by atoms with Gasteiger partial charge in [-0.3, -0.25) is 0 Å². The molecule has 0 saturated heterocycles. The normalized spacial score (nSPS) is 12.5. The van der Waals surface area contributed by atoms with Gasteiger partial charge in [-0.1, -0.05) is 24.3 Å². The lowest BCUT2D eigenvalue weighted by molar-refractivity contribution is 0.603. The van der Waals surface area contributed by atoms with Gasteiger partial charge in [0.15, 0.2) is 0 Å². The minimum absolute atomic E-state index is 0.190. The Morgan fingerprint density at radius 3 is 2.47 bits per heavy atom. The zero-order valence-corrected chi connectivity index (χ0v) is 12.3. The number of hydrogen-bond acceptors (Lipinski definition) is 1. The van der Waals surface area contributed by atoms with Crippen molar-refractivity contribution in [2.24, 2.45) is 0 Å². The van der Waals surface area contributed by atoms with E-state index >= 15 is 0 Å². The molecule has 0 saturated carbocycles. The highest BCUT2D eigenvalue weighted by atomic mass is 79.9. The van der Waals surface area contributed by atoms with E-state index in [1.54, 1.807) is 32.2 Å². The van der Waals surface area contributed by atoms with Gasteiger partial charge in [0, 0.05) is 0 Å². The number of rotatable bonds is 3. The number of aryl methyl sites for hydroxylation is 1. The summed E-state index contributed by atoms with van der Waals surface area (Å²) >= 11 is 3.26.